The van der Waals surface area contributed by atoms with Gasteiger partial charge in [0, 0.05) is 27.8 Å². The Labute approximate surface area is 374 Å². The van der Waals surface area contributed by atoms with E-state index in [0.29, 0.717) is 0 Å². The maximum Gasteiger partial charge on any atom is 0.135 e. The first-order valence-electron chi connectivity index (χ1n) is 22.2. The van der Waals surface area contributed by atoms with Crippen molar-refractivity contribution in [3.63, 3.8) is 0 Å². The quantitative estimate of drug-likeness (QED) is 0.166. The minimum Gasteiger partial charge on any atom is -0.456 e. The zero-order valence-electron chi connectivity index (χ0n) is 35.3. The van der Waals surface area contributed by atoms with Crippen molar-refractivity contribution >= 4 is 39.0 Å². The Kier molecular flexibility index (Phi) is 9.34. The van der Waals surface area contributed by atoms with Gasteiger partial charge in [0.15, 0.2) is 0 Å². The molecule has 0 bridgehead atoms. The molecule has 64 heavy (non-hydrogen) atoms. The van der Waals surface area contributed by atoms with Crippen molar-refractivity contribution < 1.29 is 4.42 Å². The second kappa shape index (κ2) is 15.9. The molecule has 0 radical (unpaired) electrons. The summed E-state index contributed by atoms with van der Waals surface area (Å²) in [5.41, 5.74) is 22.6. The van der Waals surface area contributed by atoms with Gasteiger partial charge in [-0.05, 0) is 139 Å². The number of rotatable bonds is 6. The topological polar surface area (TPSA) is 16.4 Å². The van der Waals surface area contributed by atoms with Crippen molar-refractivity contribution in [3.05, 3.63) is 259 Å². The maximum atomic E-state index is 6.35. The van der Waals surface area contributed by atoms with Gasteiger partial charge in [0.2, 0.25) is 0 Å². The Balaban J connectivity index is 1.12. The smallest absolute Gasteiger partial charge is 0.135 e. The fraction of sp³-hybridized carbons (Fsp3) is 0.0323. The molecule has 10 aromatic carbocycles. The molecule has 0 saturated heterocycles. The molecule has 2 nitrogen and oxygen atoms in total. The molecular formula is C62H43NO. The minimum absolute atomic E-state index is 0.755. The van der Waals surface area contributed by atoms with Gasteiger partial charge in [-0.15, -0.1) is 0 Å². The number of fused-ring (bicyclic) bond motifs is 9. The van der Waals surface area contributed by atoms with E-state index in [1.54, 1.807) is 0 Å². The number of benzene rings is 10. The first kappa shape index (κ1) is 37.6. The molecule has 2 heteroatoms. The van der Waals surface area contributed by atoms with Gasteiger partial charge in [-0.2, -0.15) is 0 Å². The molecule has 12 rings (SSSR count). The summed E-state index contributed by atoms with van der Waals surface area (Å²) in [5, 5.41) is 2.21. The molecule has 11 aromatic rings. The molecule has 302 valence electrons. The molecule has 0 N–H and O–H groups in total. The highest BCUT2D eigenvalue weighted by Gasteiger charge is 2.24. The summed E-state index contributed by atoms with van der Waals surface area (Å²) in [4.78, 5) is 2.42. The highest BCUT2D eigenvalue weighted by Crippen LogP contribution is 2.47. The fourth-order valence-electron chi connectivity index (χ4n) is 10.0. The number of nitrogens with zero attached hydrogens (tertiary/aromatic N) is 1. The van der Waals surface area contributed by atoms with Crippen LogP contribution in [0.4, 0.5) is 17.1 Å². The summed E-state index contributed by atoms with van der Waals surface area (Å²) in [5.74, 6) is 0. The maximum absolute atomic E-state index is 6.35. The Morgan fingerprint density at radius 2 is 0.812 bits per heavy atom. The SMILES string of the molecule is c1ccc(-c2cccc(N(c3ccc4c(c3)Cc3ccccc3-c3ccccc3Cc3cccc(-c5ccccc5-c5ccccc5)c3-4)c3ccc4oc5ccccc5c4c3)c2)cc1. The Hall–Kier alpha value is -8.20. The van der Waals surface area contributed by atoms with Gasteiger partial charge in [-0.1, -0.05) is 188 Å². The number of hydrogen-bond acceptors (Lipinski definition) is 2. The second-order valence-electron chi connectivity index (χ2n) is 16.8. The molecule has 0 atom stereocenters. The summed E-state index contributed by atoms with van der Waals surface area (Å²) >= 11 is 0. The standard InChI is InChI=1S/C62H43NO/c1-3-17-42(18-4-1)44-23-15-25-49(39-44)63(51-34-36-61-59(41-51)57-30-13-14-32-60(57)64-61)50-33-35-55-48(40-50)38-46-22-8-10-28-54(46)53-27-9-7-21-45(53)37-47-24-16-31-58(62(47)55)56-29-12-11-26-52(56)43-19-5-2-6-20-43/h1-36,39-41H,37-38H2. The Morgan fingerprint density at radius 3 is 1.59 bits per heavy atom. The summed E-state index contributed by atoms with van der Waals surface area (Å²) in [6.07, 6.45) is 1.56. The van der Waals surface area contributed by atoms with E-state index >= 15 is 0 Å². The fourth-order valence-corrected chi connectivity index (χ4v) is 10.0. The lowest BCUT2D eigenvalue weighted by atomic mass is 9.80. The van der Waals surface area contributed by atoms with E-state index < -0.39 is 0 Å². The van der Waals surface area contributed by atoms with Crippen LogP contribution in [-0.2, 0) is 12.8 Å². The van der Waals surface area contributed by atoms with Crippen LogP contribution in [0, 0.1) is 0 Å². The normalized spacial score (nSPS) is 11.9. The second-order valence-corrected chi connectivity index (χ2v) is 16.8. The van der Waals surface area contributed by atoms with Crippen LogP contribution in [0.25, 0.3) is 77.6 Å². The lowest BCUT2D eigenvalue weighted by Gasteiger charge is -2.28. The molecule has 1 aliphatic carbocycles. The number of anilines is 3. The molecule has 0 aliphatic heterocycles. The van der Waals surface area contributed by atoms with E-state index in [9.17, 15) is 0 Å². The molecule has 1 aromatic heterocycles. The lowest BCUT2D eigenvalue weighted by Crippen LogP contribution is -2.11. The molecule has 0 saturated carbocycles. The van der Waals surface area contributed by atoms with Gasteiger partial charge >= 0.3 is 0 Å². The van der Waals surface area contributed by atoms with Crippen molar-refractivity contribution in [2.24, 2.45) is 0 Å². The van der Waals surface area contributed by atoms with Crippen molar-refractivity contribution in [3.8, 4) is 55.6 Å². The van der Waals surface area contributed by atoms with Gasteiger partial charge in [0.25, 0.3) is 0 Å². The van der Waals surface area contributed by atoms with Crippen LogP contribution in [0.15, 0.2) is 241 Å². The summed E-state index contributed by atoms with van der Waals surface area (Å²) in [6.45, 7) is 0. The monoisotopic (exact) mass is 817 g/mol. The highest BCUT2D eigenvalue weighted by atomic mass is 16.3. The molecule has 0 spiro atoms. The minimum atomic E-state index is 0.755. The van der Waals surface area contributed by atoms with Crippen LogP contribution < -0.4 is 4.90 Å². The number of para-hydroxylation sites is 1. The van der Waals surface area contributed by atoms with Crippen LogP contribution in [0.5, 0.6) is 0 Å². The molecule has 0 amide bonds. The summed E-state index contributed by atoms with van der Waals surface area (Å²) in [7, 11) is 0. The largest absolute Gasteiger partial charge is 0.456 e. The van der Waals surface area contributed by atoms with Gasteiger partial charge in [-0.3, -0.25) is 0 Å². The van der Waals surface area contributed by atoms with Crippen molar-refractivity contribution in [1.29, 1.82) is 0 Å². The third kappa shape index (κ3) is 6.68. The Bertz CT molecular complexity index is 3510. The molecular weight excluding hydrogens is 775 g/mol. The Morgan fingerprint density at radius 1 is 0.281 bits per heavy atom. The molecule has 0 unspecified atom stereocenters. The van der Waals surface area contributed by atoms with Crippen LogP contribution in [0.2, 0.25) is 0 Å². The molecule has 0 fully saturated rings. The van der Waals surface area contributed by atoms with E-state index in [1.165, 1.54) is 77.9 Å². The lowest BCUT2D eigenvalue weighted by molar-refractivity contribution is 0.669. The highest BCUT2D eigenvalue weighted by molar-refractivity contribution is 6.06. The van der Waals surface area contributed by atoms with E-state index in [1.807, 2.05) is 6.07 Å². The van der Waals surface area contributed by atoms with E-state index in [4.69, 9.17) is 4.42 Å². The number of furan rings is 1. The first-order chi connectivity index (χ1) is 31.7. The van der Waals surface area contributed by atoms with Gasteiger partial charge < -0.3 is 9.32 Å². The van der Waals surface area contributed by atoms with Crippen molar-refractivity contribution in [2.45, 2.75) is 12.8 Å². The molecule has 1 heterocycles. The molecule has 1 aliphatic rings. The van der Waals surface area contributed by atoms with Crippen LogP contribution >= 0.6 is 0 Å². The third-order valence-electron chi connectivity index (χ3n) is 13.0. The van der Waals surface area contributed by atoms with Crippen LogP contribution in [0.1, 0.15) is 22.3 Å². The third-order valence-corrected chi connectivity index (χ3v) is 13.0. The van der Waals surface area contributed by atoms with Crippen molar-refractivity contribution in [1.82, 2.24) is 0 Å². The van der Waals surface area contributed by atoms with E-state index in [-0.39, 0.29) is 0 Å². The van der Waals surface area contributed by atoms with Crippen LogP contribution in [0.3, 0.4) is 0 Å². The average molecular weight is 818 g/mol. The van der Waals surface area contributed by atoms with E-state index in [2.05, 4.69) is 235 Å². The van der Waals surface area contributed by atoms with Crippen molar-refractivity contribution in [2.75, 3.05) is 4.90 Å². The number of hydrogen-bond donors (Lipinski definition) is 0. The van der Waals surface area contributed by atoms with Gasteiger partial charge in [-0.25, -0.2) is 0 Å². The average Bonchev–Trinajstić information content (AvgIpc) is 3.73. The van der Waals surface area contributed by atoms with Gasteiger partial charge in [0.1, 0.15) is 11.2 Å². The first-order valence-corrected chi connectivity index (χ1v) is 22.2. The van der Waals surface area contributed by atoms with Gasteiger partial charge in [0.05, 0.1) is 0 Å². The summed E-state index contributed by atoms with van der Waals surface area (Å²) < 4.78 is 6.35. The van der Waals surface area contributed by atoms with E-state index in [0.717, 1.165) is 51.8 Å². The van der Waals surface area contributed by atoms with Crippen LogP contribution in [-0.4, -0.2) is 0 Å². The zero-order valence-corrected chi connectivity index (χ0v) is 35.3. The predicted octanol–water partition coefficient (Wildman–Crippen LogP) is 16.9. The zero-order chi connectivity index (χ0) is 42.4. The summed E-state index contributed by atoms with van der Waals surface area (Å²) in [6, 6.07) is 86.4. The predicted molar refractivity (Wildman–Crippen MR) is 268 cm³/mol.